The molecule has 276 valence electrons. The number of hydrogen-bond donors (Lipinski definition) is 2. The van der Waals surface area contributed by atoms with Crippen LogP contribution in [-0.4, -0.2) is 32.3 Å². The third-order valence-electron chi connectivity index (χ3n) is 11.7. The van der Waals surface area contributed by atoms with E-state index in [2.05, 4.69) is 41.7 Å². The second-order valence-corrected chi connectivity index (χ2v) is 15.7. The SMILES string of the molecule is CC[C@@]1(O)C(=O)OCc2c1cc1n(c2=O)Cc2c-1nc1cc(F)c(C)c3c1c2[C@@H](NC(=O)CSC(c1ccccc1)(c1ccccc1)c1ccccc1)CC3. The highest BCUT2D eigenvalue weighted by Crippen LogP contribution is 2.49. The molecular formula is C45H38FN3O5S. The van der Waals surface area contributed by atoms with Crippen LogP contribution < -0.4 is 10.9 Å². The Bertz CT molecular complexity index is 2500. The molecule has 3 aliphatic rings. The smallest absolute Gasteiger partial charge is 0.343 e. The first kappa shape index (κ1) is 35.1. The summed E-state index contributed by atoms with van der Waals surface area (Å²) in [7, 11) is 0. The fourth-order valence-electron chi connectivity index (χ4n) is 8.88. The molecule has 0 bridgehead atoms. The predicted octanol–water partition coefficient (Wildman–Crippen LogP) is 7.36. The Morgan fingerprint density at radius 3 is 2.18 bits per heavy atom. The molecule has 0 radical (unpaired) electrons. The summed E-state index contributed by atoms with van der Waals surface area (Å²) in [5.41, 5.74) is 5.54. The summed E-state index contributed by atoms with van der Waals surface area (Å²) >= 11 is 1.56. The van der Waals surface area contributed by atoms with Crippen molar-refractivity contribution in [3.8, 4) is 11.4 Å². The number of aryl methyl sites for hydroxylation is 1. The number of carbonyl (C=O) groups excluding carboxylic acids is 2. The number of esters is 1. The van der Waals surface area contributed by atoms with Crippen LogP contribution in [-0.2, 0) is 44.2 Å². The summed E-state index contributed by atoms with van der Waals surface area (Å²) < 4.78 is 21.6. The molecule has 0 unspecified atom stereocenters. The van der Waals surface area contributed by atoms with E-state index in [1.165, 1.54) is 6.07 Å². The molecule has 4 heterocycles. The van der Waals surface area contributed by atoms with Crippen LogP contribution in [0.25, 0.3) is 22.3 Å². The third-order valence-corrected chi connectivity index (χ3v) is 13.2. The normalized spacial score (nSPS) is 18.3. The Kier molecular flexibility index (Phi) is 8.51. The minimum Gasteiger partial charge on any atom is -0.458 e. The molecule has 0 spiro atoms. The number of nitrogens with one attached hydrogen (secondary N) is 1. The van der Waals surface area contributed by atoms with Crippen molar-refractivity contribution in [2.45, 2.75) is 62.7 Å². The van der Waals surface area contributed by atoms with Crippen molar-refractivity contribution < 1.29 is 23.8 Å². The lowest BCUT2D eigenvalue weighted by Gasteiger charge is -2.35. The molecule has 2 atom stereocenters. The van der Waals surface area contributed by atoms with Crippen LogP contribution in [0.4, 0.5) is 4.39 Å². The number of pyridine rings is 2. The van der Waals surface area contributed by atoms with E-state index in [4.69, 9.17) is 9.72 Å². The summed E-state index contributed by atoms with van der Waals surface area (Å²) in [4.78, 5) is 46.1. The molecule has 0 saturated carbocycles. The molecule has 10 heteroatoms. The van der Waals surface area contributed by atoms with E-state index >= 15 is 4.39 Å². The molecule has 1 amide bonds. The first-order valence-electron chi connectivity index (χ1n) is 18.6. The van der Waals surface area contributed by atoms with Gasteiger partial charge in [0.25, 0.3) is 5.56 Å². The van der Waals surface area contributed by atoms with Crippen molar-refractivity contribution in [1.82, 2.24) is 14.9 Å². The average molecular weight is 752 g/mol. The van der Waals surface area contributed by atoms with E-state index in [0.29, 0.717) is 35.3 Å². The van der Waals surface area contributed by atoms with Crippen molar-refractivity contribution in [3.63, 3.8) is 0 Å². The van der Waals surface area contributed by atoms with Crippen molar-refractivity contribution in [2.24, 2.45) is 0 Å². The molecule has 9 rings (SSSR count). The molecule has 6 aromatic rings. The third kappa shape index (κ3) is 5.37. The molecule has 2 N–H and O–H groups in total. The van der Waals surface area contributed by atoms with E-state index in [1.54, 1.807) is 36.2 Å². The molecule has 1 aliphatic carbocycles. The average Bonchev–Trinajstić information content (AvgIpc) is 3.59. The zero-order valence-corrected chi connectivity index (χ0v) is 31.2. The molecule has 0 fully saturated rings. The van der Waals surface area contributed by atoms with Gasteiger partial charge in [0.05, 0.1) is 45.6 Å². The van der Waals surface area contributed by atoms with Crippen LogP contribution in [0.15, 0.2) is 108 Å². The minimum atomic E-state index is -1.98. The Morgan fingerprint density at radius 2 is 1.58 bits per heavy atom. The van der Waals surface area contributed by atoms with Crippen molar-refractivity contribution in [1.29, 1.82) is 0 Å². The number of benzene rings is 4. The molecule has 8 nitrogen and oxygen atoms in total. The van der Waals surface area contributed by atoms with Crippen molar-refractivity contribution in [2.75, 3.05) is 5.75 Å². The zero-order chi connectivity index (χ0) is 38.1. The number of aliphatic hydroxyl groups is 1. The minimum absolute atomic E-state index is 0.0189. The summed E-state index contributed by atoms with van der Waals surface area (Å²) in [6.45, 7) is 3.36. The van der Waals surface area contributed by atoms with Gasteiger partial charge < -0.3 is 19.7 Å². The summed E-state index contributed by atoms with van der Waals surface area (Å²) in [5, 5.41) is 15.6. The van der Waals surface area contributed by atoms with Gasteiger partial charge in [0.15, 0.2) is 5.60 Å². The van der Waals surface area contributed by atoms with Gasteiger partial charge in [-0.2, -0.15) is 0 Å². The van der Waals surface area contributed by atoms with Crippen LogP contribution in [0.3, 0.4) is 0 Å². The number of ether oxygens (including phenoxy) is 1. The largest absolute Gasteiger partial charge is 0.458 e. The second kappa shape index (κ2) is 13.3. The molecule has 55 heavy (non-hydrogen) atoms. The number of amides is 1. The number of carbonyl (C=O) groups is 2. The lowest BCUT2D eigenvalue weighted by atomic mass is 9.81. The summed E-state index contributed by atoms with van der Waals surface area (Å²) in [5.74, 6) is -1.19. The number of cyclic esters (lactones) is 1. The highest BCUT2D eigenvalue weighted by atomic mass is 32.2. The maximum atomic E-state index is 15.5. The van der Waals surface area contributed by atoms with Crippen molar-refractivity contribution in [3.05, 3.63) is 169 Å². The molecule has 2 aliphatic heterocycles. The van der Waals surface area contributed by atoms with Gasteiger partial charge in [0.2, 0.25) is 5.91 Å². The Labute approximate surface area is 321 Å². The highest BCUT2D eigenvalue weighted by Gasteiger charge is 2.46. The summed E-state index contributed by atoms with van der Waals surface area (Å²) in [6.07, 6.45) is 1.09. The molecule has 0 saturated heterocycles. The van der Waals surface area contributed by atoms with Gasteiger partial charge in [0, 0.05) is 22.6 Å². The lowest BCUT2D eigenvalue weighted by Crippen LogP contribution is -2.44. The molecule has 4 aromatic carbocycles. The maximum absolute atomic E-state index is 15.5. The van der Waals surface area contributed by atoms with Gasteiger partial charge in [-0.15, -0.1) is 11.8 Å². The first-order valence-corrected chi connectivity index (χ1v) is 19.6. The van der Waals surface area contributed by atoms with Gasteiger partial charge in [0.1, 0.15) is 12.4 Å². The lowest BCUT2D eigenvalue weighted by molar-refractivity contribution is -0.172. The van der Waals surface area contributed by atoms with Gasteiger partial charge >= 0.3 is 5.97 Å². The quantitative estimate of drug-likeness (QED) is 0.123. The first-order chi connectivity index (χ1) is 26.7. The van der Waals surface area contributed by atoms with E-state index in [-0.39, 0.29) is 53.7 Å². The van der Waals surface area contributed by atoms with Crippen molar-refractivity contribution >= 4 is 34.5 Å². The number of nitrogens with zero attached hydrogens (tertiary/aromatic N) is 2. The van der Waals surface area contributed by atoms with Gasteiger partial charge in [-0.1, -0.05) is 97.9 Å². The van der Waals surface area contributed by atoms with E-state index in [0.717, 1.165) is 38.8 Å². The number of fused-ring (bicyclic) bond motifs is 5. The number of aromatic nitrogens is 2. The predicted molar refractivity (Wildman–Crippen MR) is 210 cm³/mol. The maximum Gasteiger partial charge on any atom is 0.343 e. The Balaban J connectivity index is 1.13. The van der Waals surface area contributed by atoms with Crippen LogP contribution in [0.5, 0.6) is 0 Å². The zero-order valence-electron chi connectivity index (χ0n) is 30.4. The fourth-order valence-corrected chi connectivity index (χ4v) is 10.2. The molecule has 2 aromatic heterocycles. The highest BCUT2D eigenvalue weighted by molar-refractivity contribution is 8.01. The van der Waals surface area contributed by atoms with Gasteiger partial charge in [-0.3, -0.25) is 9.59 Å². The number of hydrogen-bond acceptors (Lipinski definition) is 7. The standard InChI is InChI=1S/C45H38FN3O5S/c1-3-44(53)33-21-37-41-31(23-49(37)42(51)32(33)24-54-43(44)52)40-35(20-19-30-26(2)34(46)22-36(48-41)39(30)40)47-38(50)25-55-45(27-13-7-4-8-14-27,28-15-9-5-10-16-28)29-17-11-6-12-18-29/h4-18,21-22,35,53H,3,19-20,23-25H2,1-2H3,(H,47,50)/t35-,44-/m0/s1. The van der Waals surface area contributed by atoms with Crippen LogP contribution in [0.1, 0.15) is 75.9 Å². The van der Waals surface area contributed by atoms with Gasteiger partial charge in [-0.25, -0.2) is 14.2 Å². The fraction of sp³-hybridized carbons (Fsp3) is 0.244. The van der Waals surface area contributed by atoms with E-state index in [1.807, 2.05) is 54.6 Å². The van der Waals surface area contributed by atoms with E-state index in [9.17, 15) is 19.5 Å². The topological polar surface area (TPSA) is 111 Å². The van der Waals surface area contributed by atoms with Crippen LogP contribution in [0, 0.1) is 12.7 Å². The van der Waals surface area contributed by atoms with Crippen LogP contribution in [0.2, 0.25) is 0 Å². The van der Waals surface area contributed by atoms with Gasteiger partial charge in [-0.05, 0) is 65.6 Å². The second-order valence-electron chi connectivity index (χ2n) is 14.5. The number of thioether (sulfide) groups is 1. The molecular weight excluding hydrogens is 714 g/mol. The number of halogens is 1. The van der Waals surface area contributed by atoms with E-state index < -0.39 is 22.4 Å². The monoisotopic (exact) mass is 751 g/mol. The Morgan fingerprint density at radius 1 is 0.964 bits per heavy atom. The van der Waals surface area contributed by atoms with Crippen LogP contribution >= 0.6 is 11.8 Å². The summed E-state index contributed by atoms with van der Waals surface area (Å²) in [6, 6.07) is 33.3. The number of rotatable bonds is 8. The Hall–Kier alpha value is -5.58.